The molecular formula is C17H20N2O4S. The molecule has 1 atom stereocenters. The van der Waals surface area contributed by atoms with Crippen molar-refractivity contribution in [3.63, 3.8) is 0 Å². The standard InChI is InChI=1S/C17H20N2O4S/c1-13(14-7-9-15(10-8-14)24(3,22)23)18(2)17(21)12-19-11-5-4-6-16(19)20/h4-11,13H,12H2,1-3H3/t13-/m1/s1. The first-order chi connectivity index (χ1) is 11.2. The molecule has 0 fully saturated rings. The SMILES string of the molecule is C[C@H](c1ccc(S(C)(=O)=O)cc1)N(C)C(=O)Cn1ccccc1=O. The molecule has 6 nitrogen and oxygen atoms in total. The Balaban J connectivity index is 2.14. The van der Waals surface area contributed by atoms with E-state index in [9.17, 15) is 18.0 Å². The molecule has 2 rings (SSSR count). The van der Waals surface area contributed by atoms with Gasteiger partial charge in [-0.25, -0.2) is 8.42 Å². The number of carbonyl (C=O) groups excluding carboxylic acids is 1. The van der Waals surface area contributed by atoms with Crippen LogP contribution in [-0.4, -0.2) is 37.1 Å². The largest absolute Gasteiger partial charge is 0.337 e. The molecule has 1 heterocycles. The molecule has 0 unspecified atom stereocenters. The average Bonchev–Trinajstić information content (AvgIpc) is 2.55. The van der Waals surface area contributed by atoms with Gasteiger partial charge in [-0.3, -0.25) is 9.59 Å². The van der Waals surface area contributed by atoms with E-state index in [1.54, 1.807) is 37.5 Å². The van der Waals surface area contributed by atoms with E-state index in [0.29, 0.717) is 0 Å². The molecule has 0 aliphatic rings. The Kier molecular flexibility index (Phi) is 5.23. The van der Waals surface area contributed by atoms with Gasteiger partial charge >= 0.3 is 0 Å². The number of pyridine rings is 1. The lowest BCUT2D eigenvalue weighted by Gasteiger charge is -2.25. The summed E-state index contributed by atoms with van der Waals surface area (Å²) in [6, 6.07) is 10.9. The van der Waals surface area contributed by atoms with Crippen LogP contribution in [0.4, 0.5) is 0 Å². The average molecular weight is 348 g/mol. The summed E-state index contributed by atoms with van der Waals surface area (Å²) in [7, 11) is -1.59. The first-order valence-electron chi connectivity index (χ1n) is 7.41. The van der Waals surface area contributed by atoms with Crippen molar-refractivity contribution in [3.05, 3.63) is 64.6 Å². The van der Waals surface area contributed by atoms with Gasteiger partial charge in [0, 0.05) is 25.6 Å². The Bertz CT molecular complexity index is 885. The zero-order valence-corrected chi connectivity index (χ0v) is 14.7. The molecule has 0 aliphatic heterocycles. The van der Waals surface area contributed by atoms with Crippen LogP contribution in [0, 0.1) is 0 Å². The number of likely N-dealkylation sites (N-methyl/N-ethyl adjacent to an activating group) is 1. The molecular weight excluding hydrogens is 328 g/mol. The fourth-order valence-corrected chi connectivity index (χ4v) is 2.91. The van der Waals surface area contributed by atoms with Gasteiger partial charge in [0.25, 0.3) is 5.56 Å². The van der Waals surface area contributed by atoms with E-state index < -0.39 is 9.84 Å². The van der Waals surface area contributed by atoms with E-state index in [-0.39, 0.29) is 28.9 Å². The molecule has 0 spiro atoms. The van der Waals surface area contributed by atoms with Crippen LogP contribution in [0.1, 0.15) is 18.5 Å². The smallest absolute Gasteiger partial charge is 0.250 e. The second-order valence-electron chi connectivity index (χ2n) is 5.69. The lowest BCUT2D eigenvalue weighted by molar-refractivity contribution is -0.132. The molecule has 0 saturated heterocycles. The Morgan fingerprint density at radius 3 is 2.33 bits per heavy atom. The van der Waals surface area contributed by atoms with Gasteiger partial charge in [0.05, 0.1) is 10.9 Å². The summed E-state index contributed by atoms with van der Waals surface area (Å²) >= 11 is 0. The topological polar surface area (TPSA) is 76.5 Å². The van der Waals surface area contributed by atoms with Gasteiger partial charge in [-0.15, -0.1) is 0 Å². The minimum absolute atomic E-state index is 0.0397. The number of carbonyl (C=O) groups is 1. The zero-order chi connectivity index (χ0) is 17.9. The Labute approximate surface area is 141 Å². The zero-order valence-electron chi connectivity index (χ0n) is 13.8. The van der Waals surface area contributed by atoms with Crippen LogP contribution < -0.4 is 5.56 Å². The summed E-state index contributed by atoms with van der Waals surface area (Å²) in [6.45, 7) is 1.81. The third-order valence-corrected chi connectivity index (χ3v) is 5.10. The van der Waals surface area contributed by atoms with Gasteiger partial charge in [-0.2, -0.15) is 0 Å². The Morgan fingerprint density at radius 1 is 1.17 bits per heavy atom. The highest BCUT2D eigenvalue weighted by Gasteiger charge is 2.18. The third kappa shape index (κ3) is 4.11. The van der Waals surface area contributed by atoms with Crippen molar-refractivity contribution in [1.29, 1.82) is 0 Å². The first-order valence-corrected chi connectivity index (χ1v) is 9.30. The van der Waals surface area contributed by atoms with Crippen molar-refractivity contribution in [3.8, 4) is 0 Å². The maximum absolute atomic E-state index is 12.4. The third-order valence-electron chi connectivity index (χ3n) is 3.97. The van der Waals surface area contributed by atoms with Crippen molar-refractivity contribution < 1.29 is 13.2 Å². The predicted octanol–water partition coefficient (Wildman–Crippen LogP) is 1.47. The second kappa shape index (κ2) is 7.00. The van der Waals surface area contributed by atoms with Gasteiger partial charge in [0.1, 0.15) is 6.54 Å². The van der Waals surface area contributed by atoms with Crippen molar-refractivity contribution in [2.45, 2.75) is 24.4 Å². The van der Waals surface area contributed by atoms with Crippen LogP contribution in [0.25, 0.3) is 0 Å². The number of rotatable bonds is 5. The van der Waals surface area contributed by atoms with E-state index in [2.05, 4.69) is 0 Å². The highest BCUT2D eigenvalue weighted by atomic mass is 32.2. The van der Waals surface area contributed by atoms with E-state index >= 15 is 0 Å². The van der Waals surface area contributed by atoms with Crippen LogP contribution in [0.2, 0.25) is 0 Å². The predicted molar refractivity (Wildman–Crippen MR) is 91.4 cm³/mol. The van der Waals surface area contributed by atoms with E-state index in [1.165, 1.54) is 27.7 Å². The molecule has 0 saturated carbocycles. The molecule has 0 N–H and O–H groups in total. The van der Waals surface area contributed by atoms with Gasteiger partial charge in [-0.05, 0) is 30.7 Å². The van der Waals surface area contributed by atoms with Crippen molar-refractivity contribution in [1.82, 2.24) is 9.47 Å². The maximum atomic E-state index is 12.4. The number of sulfone groups is 1. The number of hydrogen-bond acceptors (Lipinski definition) is 4. The van der Waals surface area contributed by atoms with Gasteiger partial charge in [0.15, 0.2) is 9.84 Å². The minimum Gasteiger partial charge on any atom is -0.337 e. The number of benzene rings is 1. The second-order valence-corrected chi connectivity index (χ2v) is 7.70. The summed E-state index contributed by atoms with van der Waals surface area (Å²) in [4.78, 5) is 25.8. The van der Waals surface area contributed by atoms with E-state index in [4.69, 9.17) is 0 Å². The monoisotopic (exact) mass is 348 g/mol. The molecule has 128 valence electrons. The fraction of sp³-hybridized carbons (Fsp3) is 0.294. The van der Waals surface area contributed by atoms with Crippen molar-refractivity contribution in [2.24, 2.45) is 0 Å². The molecule has 0 aliphatic carbocycles. The minimum atomic E-state index is -3.25. The lowest BCUT2D eigenvalue weighted by Crippen LogP contribution is -2.35. The molecule has 7 heteroatoms. The summed E-state index contributed by atoms with van der Waals surface area (Å²) in [5.41, 5.74) is 0.586. The van der Waals surface area contributed by atoms with E-state index in [0.717, 1.165) is 11.8 Å². The molecule has 1 amide bonds. The number of nitrogens with zero attached hydrogens (tertiary/aromatic N) is 2. The molecule has 1 aromatic carbocycles. The first kappa shape index (κ1) is 17.9. The van der Waals surface area contributed by atoms with Gasteiger partial charge < -0.3 is 9.47 Å². The molecule has 2 aromatic rings. The summed E-state index contributed by atoms with van der Waals surface area (Å²) in [6.07, 6.45) is 2.72. The molecule has 1 aromatic heterocycles. The highest BCUT2D eigenvalue weighted by Crippen LogP contribution is 2.21. The van der Waals surface area contributed by atoms with Gasteiger partial charge in [-0.1, -0.05) is 18.2 Å². The number of amides is 1. The van der Waals surface area contributed by atoms with Crippen molar-refractivity contribution >= 4 is 15.7 Å². The molecule has 0 bridgehead atoms. The maximum Gasteiger partial charge on any atom is 0.250 e. The van der Waals surface area contributed by atoms with Crippen LogP contribution in [-0.2, 0) is 21.2 Å². The van der Waals surface area contributed by atoms with Gasteiger partial charge in [0.2, 0.25) is 5.91 Å². The highest BCUT2D eigenvalue weighted by molar-refractivity contribution is 7.90. The normalized spacial score (nSPS) is 12.6. The molecule has 24 heavy (non-hydrogen) atoms. The van der Waals surface area contributed by atoms with Crippen molar-refractivity contribution in [2.75, 3.05) is 13.3 Å². The summed E-state index contributed by atoms with van der Waals surface area (Å²) in [5.74, 6) is -0.206. The van der Waals surface area contributed by atoms with E-state index in [1.807, 2.05) is 6.92 Å². The summed E-state index contributed by atoms with van der Waals surface area (Å²) < 4.78 is 24.3. The van der Waals surface area contributed by atoms with Crippen LogP contribution in [0.3, 0.4) is 0 Å². The summed E-state index contributed by atoms with van der Waals surface area (Å²) in [5, 5.41) is 0. The fourth-order valence-electron chi connectivity index (χ4n) is 2.28. The van der Waals surface area contributed by atoms with Crippen LogP contribution in [0.5, 0.6) is 0 Å². The number of hydrogen-bond donors (Lipinski definition) is 0. The Hall–Kier alpha value is -2.41. The van der Waals surface area contributed by atoms with Crippen LogP contribution >= 0.6 is 0 Å². The Morgan fingerprint density at radius 2 is 1.79 bits per heavy atom. The molecule has 0 radical (unpaired) electrons. The lowest BCUT2D eigenvalue weighted by atomic mass is 10.1. The quantitative estimate of drug-likeness (QED) is 0.820. The number of aromatic nitrogens is 1. The van der Waals surface area contributed by atoms with Crippen LogP contribution in [0.15, 0.2) is 58.4 Å².